The van der Waals surface area contributed by atoms with Crippen molar-refractivity contribution in [2.75, 3.05) is 0 Å². The molecule has 0 radical (unpaired) electrons. The van der Waals surface area contributed by atoms with E-state index in [1.165, 1.54) is 0 Å². The summed E-state index contributed by atoms with van der Waals surface area (Å²) >= 11 is 0.344. The van der Waals surface area contributed by atoms with Crippen LogP contribution >= 0.6 is 9.53 Å². The molecule has 0 aliphatic rings. The van der Waals surface area contributed by atoms with Crippen LogP contribution in [0, 0.1) is 0 Å². The molecule has 0 fully saturated rings. The Morgan fingerprint density at radius 1 is 2.00 bits per heavy atom. The predicted octanol–water partition coefficient (Wildman–Crippen LogP) is 1.04. The third kappa shape index (κ3) is 2.82. The molecule has 0 saturated heterocycles. The van der Waals surface area contributed by atoms with Crippen LogP contribution in [0.2, 0.25) is 0 Å². The van der Waals surface area contributed by atoms with E-state index in [1.807, 2.05) is 11.4 Å². The van der Waals surface area contributed by atoms with Gasteiger partial charge in [0.2, 0.25) is 0 Å². The summed E-state index contributed by atoms with van der Waals surface area (Å²) in [5.74, 6) is 0. The molecule has 29 valence electrons. The summed E-state index contributed by atoms with van der Waals surface area (Å²) in [6, 6.07) is 0. The molecule has 0 aliphatic carbocycles. The van der Waals surface area contributed by atoms with Crippen LogP contribution in [0.25, 0.3) is 0 Å². The summed E-state index contributed by atoms with van der Waals surface area (Å²) in [5.41, 5.74) is 0. The van der Waals surface area contributed by atoms with Crippen LogP contribution in [0.4, 0.5) is 0 Å². The second kappa shape index (κ2) is 3.82. The Morgan fingerprint density at radius 3 is 2.25 bits per heavy atom. The molecule has 0 rings (SSSR count). The fourth-order valence-electron chi connectivity index (χ4n) is 0. The third-order valence-corrected chi connectivity index (χ3v) is 1.22. The van der Waals surface area contributed by atoms with E-state index < -0.39 is 0 Å². The van der Waals surface area contributed by atoms with E-state index in [1.54, 1.807) is 0 Å². The van der Waals surface area contributed by atoms with Gasteiger partial charge in [-0.2, -0.15) is 0 Å². The molecule has 0 aromatic rings. The Hall–Kier alpha value is 0.822. The average Bonchev–Trinajstić information content (AvgIpc) is 1.37. The van der Waals surface area contributed by atoms with Crippen molar-refractivity contribution in [2.24, 2.45) is 0 Å². The Kier molecular flexibility index (Phi) is 4.61. The molecule has 0 nitrogen and oxygen atoms in total. The van der Waals surface area contributed by atoms with Gasteiger partial charge >= 0.3 is 37.4 Å². The zero-order valence-corrected chi connectivity index (χ0v) is 4.58. The minimum absolute atomic E-state index is 0.344. The maximum absolute atomic E-state index is 5.18. The van der Waals surface area contributed by atoms with Gasteiger partial charge in [-0.25, -0.2) is 0 Å². The summed E-state index contributed by atoms with van der Waals surface area (Å²) in [7, 11) is 5.18. The molecular formula is C2H4ClPd. The maximum atomic E-state index is 5.18. The molecule has 0 unspecified atom stereocenters. The van der Waals surface area contributed by atoms with Crippen LogP contribution < -0.4 is 0 Å². The van der Waals surface area contributed by atoms with Crippen molar-refractivity contribution in [3.63, 3.8) is 0 Å². The van der Waals surface area contributed by atoms with Crippen molar-refractivity contribution < 1.29 is 16.5 Å². The van der Waals surface area contributed by atoms with Crippen LogP contribution in [-0.2, 0) is 16.5 Å². The molecule has 0 bridgehead atoms. The second-order valence-corrected chi connectivity index (χ2v) is 2.30. The minimum atomic E-state index is 0.344. The van der Waals surface area contributed by atoms with Crippen LogP contribution in [0.3, 0.4) is 0 Å². The molecular weight excluding hydrogens is 166 g/mol. The van der Waals surface area contributed by atoms with Gasteiger partial charge < -0.3 is 0 Å². The number of hydrogen-bond donors (Lipinski definition) is 0. The molecule has 2 heteroatoms. The fraction of sp³-hybridized carbons (Fsp3) is 0.500. The molecule has 0 amide bonds. The average molecular weight is 170 g/mol. The Balaban J connectivity index is 2.55. The molecule has 0 heterocycles. The molecule has 0 atom stereocenters. The monoisotopic (exact) mass is 169 g/mol. The van der Waals surface area contributed by atoms with Gasteiger partial charge in [-0.3, -0.25) is 0 Å². The standard InChI is InChI=1S/C2H4.ClH.Pd/c1-2;;/h1H,2H3;1H;/q;;+1/p-1. The zero-order valence-electron chi connectivity index (χ0n) is 2.27. The first-order valence-corrected chi connectivity index (χ1v) is 3.78. The zero-order chi connectivity index (χ0) is 3.41. The molecule has 0 saturated carbocycles. The van der Waals surface area contributed by atoms with E-state index in [0.29, 0.717) is 16.5 Å². The molecule has 0 aromatic heterocycles. The van der Waals surface area contributed by atoms with Crippen LogP contribution in [0.1, 0.15) is 6.92 Å². The quantitative estimate of drug-likeness (QED) is 0.476. The summed E-state index contributed by atoms with van der Waals surface area (Å²) in [6.07, 6.45) is 0. The van der Waals surface area contributed by atoms with Crippen molar-refractivity contribution in [3.05, 3.63) is 0 Å². The van der Waals surface area contributed by atoms with Gasteiger partial charge in [0.15, 0.2) is 0 Å². The Labute approximate surface area is 37.8 Å². The molecule has 0 spiro atoms. The Bertz CT molecular complexity index is 21.2. The van der Waals surface area contributed by atoms with E-state index in [-0.39, 0.29) is 0 Å². The number of rotatable bonds is 0. The number of hydrogen-bond acceptors (Lipinski definition) is 0. The van der Waals surface area contributed by atoms with Crippen LogP contribution in [0.5, 0.6) is 0 Å². The summed E-state index contributed by atoms with van der Waals surface area (Å²) in [6.45, 7) is 1.95. The summed E-state index contributed by atoms with van der Waals surface area (Å²) in [5, 5.41) is 0. The second-order valence-electron chi connectivity index (χ2n) is 0.252. The third-order valence-electron chi connectivity index (χ3n) is 0.0690. The summed E-state index contributed by atoms with van der Waals surface area (Å²) < 4.78 is 1.94. The van der Waals surface area contributed by atoms with Gasteiger partial charge in [0.1, 0.15) is 0 Å². The molecule has 0 aliphatic heterocycles. The van der Waals surface area contributed by atoms with Crippen molar-refractivity contribution in [2.45, 2.75) is 6.92 Å². The first-order valence-electron chi connectivity index (χ1n) is 0.879. The molecule has 4 heavy (non-hydrogen) atoms. The van der Waals surface area contributed by atoms with E-state index in [4.69, 9.17) is 9.53 Å². The van der Waals surface area contributed by atoms with Gasteiger partial charge in [-0.05, 0) is 0 Å². The topological polar surface area (TPSA) is 0 Å². The van der Waals surface area contributed by atoms with Gasteiger partial charge in [0.25, 0.3) is 0 Å². The van der Waals surface area contributed by atoms with Crippen LogP contribution in [0.15, 0.2) is 0 Å². The number of halogens is 1. The first kappa shape index (κ1) is 4.82. The SMILES string of the molecule is C[CH]=[Pd][Cl]. The normalized spacial score (nSPS) is 13.5. The van der Waals surface area contributed by atoms with E-state index in [9.17, 15) is 0 Å². The van der Waals surface area contributed by atoms with Gasteiger partial charge in [0.05, 0.1) is 0 Å². The van der Waals surface area contributed by atoms with Gasteiger partial charge in [-0.1, -0.05) is 0 Å². The van der Waals surface area contributed by atoms with E-state index in [0.717, 1.165) is 0 Å². The van der Waals surface area contributed by atoms with Gasteiger partial charge in [0, 0.05) is 0 Å². The Morgan fingerprint density at radius 2 is 2.25 bits per heavy atom. The van der Waals surface area contributed by atoms with Gasteiger partial charge in [-0.15, -0.1) is 0 Å². The first-order chi connectivity index (χ1) is 1.91. The van der Waals surface area contributed by atoms with Crippen molar-refractivity contribution in [1.82, 2.24) is 0 Å². The molecule has 0 aromatic carbocycles. The van der Waals surface area contributed by atoms with E-state index >= 15 is 0 Å². The summed E-state index contributed by atoms with van der Waals surface area (Å²) in [4.78, 5) is 0. The predicted molar refractivity (Wildman–Crippen MR) is 17.6 cm³/mol. The van der Waals surface area contributed by atoms with Crippen molar-refractivity contribution in [3.8, 4) is 0 Å². The van der Waals surface area contributed by atoms with Crippen molar-refractivity contribution >= 4 is 14.0 Å². The van der Waals surface area contributed by atoms with E-state index in [2.05, 4.69) is 0 Å². The van der Waals surface area contributed by atoms with Crippen molar-refractivity contribution in [1.29, 1.82) is 0 Å². The molecule has 0 N–H and O–H groups in total. The fourth-order valence-corrected chi connectivity index (χ4v) is 0. The van der Waals surface area contributed by atoms with Crippen LogP contribution in [-0.4, -0.2) is 4.49 Å².